The summed E-state index contributed by atoms with van der Waals surface area (Å²) >= 11 is 18.2. The van der Waals surface area contributed by atoms with E-state index in [1.165, 1.54) is 18.2 Å². The van der Waals surface area contributed by atoms with Gasteiger partial charge in [-0.05, 0) is 60.0 Å². The number of nitrogens with one attached hydrogen (secondary N) is 2. The van der Waals surface area contributed by atoms with Crippen molar-refractivity contribution in [3.63, 3.8) is 0 Å². The van der Waals surface area contributed by atoms with E-state index in [4.69, 9.17) is 34.8 Å². The normalized spacial score (nSPS) is 13.6. The van der Waals surface area contributed by atoms with Gasteiger partial charge in [0, 0.05) is 27.0 Å². The highest BCUT2D eigenvalue weighted by molar-refractivity contribution is 6.53. The van der Waals surface area contributed by atoms with E-state index in [2.05, 4.69) is 24.5 Å². The lowest BCUT2D eigenvalue weighted by molar-refractivity contribution is -0.120. The lowest BCUT2D eigenvalue weighted by Gasteiger charge is -2.16. The van der Waals surface area contributed by atoms with Crippen molar-refractivity contribution < 1.29 is 14.4 Å². The molecular formula is C26H20Cl3N3O3. The Kier molecular flexibility index (Phi) is 7.17. The Hall–Kier alpha value is -3.32. The van der Waals surface area contributed by atoms with Crippen molar-refractivity contribution >= 4 is 69.6 Å². The molecule has 1 heterocycles. The molecule has 178 valence electrons. The number of hydrogen-bond donors (Lipinski definition) is 2. The molecule has 0 saturated heterocycles. The quantitative estimate of drug-likeness (QED) is 0.345. The molecule has 4 rings (SSSR count). The highest BCUT2D eigenvalue weighted by atomic mass is 35.5. The minimum absolute atomic E-state index is 0.0872. The maximum Gasteiger partial charge on any atom is 0.283 e. The second-order valence-corrected chi connectivity index (χ2v) is 9.41. The van der Waals surface area contributed by atoms with E-state index in [1.807, 2.05) is 24.3 Å². The molecule has 3 amide bonds. The third kappa shape index (κ3) is 5.20. The largest absolute Gasteiger partial charge is 0.350 e. The molecule has 0 fully saturated rings. The number of nitrogens with zero attached hydrogens (tertiary/aromatic N) is 1. The van der Waals surface area contributed by atoms with Gasteiger partial charge in [-0.2, -0.15) is 0 Å². The summed E-state index contributed by atoms with van der Waals surface area (Å²) in [5.41, 5.74) is 2.82. The van der Waals surface area contributed by atoms with Crippen molar-refractivity contribution in [3.05, 3.63) is 98.6 Å². The van der Waals surface area contributed by atoms with Crippen LogP contribution < -0.4 is 15.5 Å². The van der Waals surface area contributed by atoms with E-state index < -0.39 is 11.8 Å². The number of halogens is 3. The number of benzene rings is 3. The molecule has 0 atom stereocenters. The number of carbonyl (C=O) groups is 3. The highest BCUT2D eigenvalue weighted by Gasteiger charge is 2.39. The number of hydrogen-bond acceptors (Lipinski definition) is 4. The molecule has 0 unspecified atom stereocenters. The molecule has 0 saturated carbocycles. The Morgan fingerprint density at radius 3 is 2.11 bits per heavy atom. The summed E-state index contributed by atoms with van der Waals surface area (Å²) in [5, 5.41) is 6.10. The molecular weight excluding hydrogens is 509 g/mol. The third-order valence-electron chi connectivity index (χ3n) is 5.38. The summed E-state index contributed by atoms with van der Waals surface area (Å²) in [5.74, 6) is -1.36. The minimum Gasteiger partial charge on any atom is -0.350 e. The fraction of sp³-hybridized carbons (Fsp3) is 0.115. The van der Waals surface area contributed by atoms with Gasteiger partial charge in [0.25, 0.3) is 17.7 Å². The van der Waals surface area contributed by atoms with Gasteiger partial charge >= 0.3 is 0 Å². The number of rotatable bonds is 6. The molecule has 1 aliphatic heterocycles. The summed E-state index contributed by atoms with van der Waals surface area (Å²) < 4.78 is 0. The van der Waals surface area contributed by atoms with Gasteiger partial charge in [0.1, 0.15) is 10.7 Å². The van der Waals surface area contributed by atoms with Crippen molar-refractivity contribution in [2.45, 2.75) is 19.8 Å². The van der Waals surface area contributed by atoms with Gasteiger partial charge in [-0.3, -0.25) is 14.4 Å². The second-order valence-electron chi connectivity index (χ2n) is 8.16. The second kappa shape index (κ2) is 10.1. The highest BCUT2D eigenvalue weighted by Crippen LogP contribution is 2.33. The Morgan fingerprint density at radius 2 is 1.49 bits per heavy atom. The molecule has 6 nitrogen and oxygen atoms in total. The van der Waals surface area contributed by atoms with Gasteiger partial charge in [-0.25, -0.2) is 4.90 Å². The molecule has 35 heavy (non-hydrogen) atoms. The van der Waals surface area contributed by atoms with Crippen LogP contribution in [0.4, 0.5) is 17.1 Å². The number of amides is 3. The Balaban J connectivity index is 1.50. The van der Waals surface area contributed by atoms with Crippen LogP contribution >= 0.6 is 34.8 Å². The predicted octanol–water partition coefficient (Wildman–Crippen LogP) is 6.80. The molecule has 0 aromatic heterocycles. The number of imide groups is 1. The standard InChI is InChI=1S/C26H20Cl3N3O3/c1-14(2)20-5-3-4-6-21(20)31-24(33)15-7-9-18(10-8-15)30-23-22(29)25(34)32(26(23)35)19-12-16(27)11-17(28)13-19/h3-14,30H,1-2H3,(H,31,33). The summed E-state index contributed by atoms with van der Waals surface area (Å²) in [6.07, 6.45) is 0. The van der Waals surface area contributed by atoms with Gasteiger partial charge in [-0.15, -0.1) is 0 Å². The van der Waals surface area contributed by atoms with Crippen LogP contribution in [-0.4, -0.2) is 17.7 Å². The fourth-order valence-corrected chi connectivity index (χ4v) is 4.40. The molecule has 0 aliphatic carbocycles. The van der Waals surface area contributed by atoms with E-state index in [9.17, 15) is 14.4 Å². The maximum atomic E-state index is 13.0. The lowest BCUT2D eigenvalue weighted by Crippen LogP contribution is -2.32. The van der Waals surface area contributed by atoms with Crippen molar-refractivity contribution in [1.82, 2.24) is 0 Å². The molecule has 3 aromatic carbocycles. The zero-order valence-electron chi connectivity index (χ0n) is 18.7. The molecule has 0 radical (unpaired) electrons. The predicted molar refractivity (Wildman–Crippen MR) is 140 cm³/mol. The van der Waals surface area contributed by atoms with E-state index in [-0.39, 0.29) is 38.3 Å². The molecule has 1 aliphatic rings. The van der Waals surface area contributed by atoms with Crippen LogP contribution in [0.3, 0.4) is 0 Å². The van der Waals surface area contributed by atoms with Gasteiger partial charge in [0.15, 0.2) is 0 Å². The Morgan fingerprint density at radius 1 is 0.857 bits per heavy atom. The van der Waals surface area contributed by atoms with Crippen LogP contribution in [0, 0.1) is 0 Å². The Bertz CT molecular complexity index is 1350. The summed E-state index contributed by atoms with van der Waals surface area (Å²) in [7, 11) is 0. The smallest absolute Gasteiger partial charge is 0.283 e. The minimum atomic E-state index is -0.697. The number of para-hydroxylation sites is 1. The van der Waals surface area contributed by atoms with Crippen molar-refractivity contribution in [2.24, 2.45) is 0 Å². The van der Waals surface area contributed by atoms with Gasteiger partial charge in [0.05, 0.1) is 5.69 Å². The Labute approximate surface area is 217 Å². The van der Waals surface area contributed by atoms with Gasteiger partial charge in [0.2, 0.25) is 0 Å². The molecule has 9 heteroatoms. The summed E-state index contributed by atoms with van der Waals surface area (Å²) in [6, 6.07) is 18.5. The summed E-state index contributed by atoms with van der Waals surface area (Å²) in [6.45, 7) is 4.12. The fourth-order valence-electron chi connectivity index (χ4n) is 3.67. The van der Waals surface area contributed by atoms with Crippen LogP contribution in [0.25, 0.3) is 0 Å². The number of carbonyl (C=O) groups excluding carboxylic acids is 3. The SMILES string of the molecule is CC(C)c1ccccc1NC(=O)c1ccc(NC2=C(Cl)C(=O)N(c3cc(Cl)cc(Cl)c3)C2=O)cc1. The zero-order chi connectivity index (χ0) is 25.3. The molecule has 2 N–H and O–H groups in total. The van der Waals surface area contributed by atoms with Crippen LogP contribution in [0.2, 0.25) is 10.0 Å². The first-order chi connectivity index (χ1) is 16.7. The first kappa shape index (κ1) is 24.8. The topological polar surface area (TPSA) is 78.5 Å². The average Bonchev–Trinajstić information content (AvgIpc) is 3.02. The monoisotopic (exact) mass is 527 g/mol. The van der Waals surface area contributed by atoms with Crippen LogP contribution in [0.1, 0.15) is 35.7 Å². The molecule has 0 bridgehead atoms. The third-order valence-corrected chi connectivity index (χ3v) is 6.17. The first-order valence-corrected chi connectivity index (χ1v) is 11.8. The first-order valence-electron chi connectivity index (χ1n) is 10.7. The molecule has 3 aromatic rings. The van der Waals surface area contributed by atoms with E-state index in [1.54, 1.807) is 24.3 Å². The maximum absolute atomic E-state index is 13.0. The lowest BCUT2D eigenvalue weighted by atomic mass is 10.0. The van der Waals surface area contributed by atoms with Gasteiger partial charge < -0.3 is 10.6 Å². The van der Waals surface area contributed by atoms with Crippen molar-refractivity contribution in [3.8, 4) is 0 Å². The van der Waals surface area contributed by atoms with Crippen LogP contribution in [-0.2, 0) is 9.59 Å². The van der Waals surface area contributed by atoms with Crippen LogP contribution in [0.5, 0.6) is 0 Å². The molecule has 0 spiro atoms. The van der Waals surface area contributed by atoms with Crippen LogP contribution in [0.15, 0.2) is 77.5 Å². The van der Waals surface area contributed by atoms with Gasteiger partial charge in [-0.1, -0.05) is 66.8 Å². The van der Waals surface area contributed by atoms with E-state index >= 15 is 0 Å². The average molecular weight is 529 g/mol. The van der Waals surface area contributed by atoms with Crippen molar-refractivity contribution in [2.75, 3.05) is 15.5 Å². The van der Waals surface area contributed by atoms with E-state index in [0.717, 1.165) is 16.2 Å². The van der Waals surface area contributed by atoms with E-state index in [0.29, 0.717) is 11.3 Å². The van der Waals surface area contributed by atoms with Crippen molar-refractivity contribution in [1.29, 1.82) is 0 Å². The summed E-state index contributed by atoms with van der Waals surface area (Å²) in [4.78, 5) is 39.3. The zero-order valence-corrected chi connectivity index (χ0v) is 21.0. The number of anilines is 3.